The van der Waals surface area contributed by atoms with Crippen LogP contribution in [-0.4, -0.2) is 19.9 Å². The normalized spacial score (nSPS) is 9.50. The van der Waals surface area contributed by atoms with Crippen LogP contribution in [0.4, 0.5) is 0 Å². The molecular weight excluding hydrogens is 554 g/mol. The van der Waals surface area contributed by atoms with Crippen LogP contribution in [0, 0.1) is 0 Å². The molecule has 0 atom stereocenters. The Hall–Kier alpha value is -2.43. The van der Waals surface area contributed by atoms with E-state index in [0.29, 0.717) is 0 Å². The number of hydrogen-bond donors (Lipinski definition) is 0. The molecule has 0 aliphatic heterocycles. The molecule has 4 heterocycles. The Morgan fingerprint density at radius 2 is 0.562 bits per heavy atom. The molecule has 0 spiro atoms. The number of halogens is 3. The van der Waals surface area contributed by atoms with Crippen molar-refractivity contribution >= 4 is 43.6 Å². The molecule has 0 radical (unpaired) electrons. The Balaban J connectivity index is 0.000000284. The molecular formula is C24H16Cl3N4Rh. The number of rotatable bonds is 0. The molecule has 0 aliphatic rings. The smallest absolute Gasteiger partial charge is 1.00 e. The van der Waals surface area contributed by atoms with E-state index in [2.05, 4.69) is 68.5 Å². The zero-order valence-corrected chi connectivity index (χ0v) is 20.4. The zero-order chi connectivity index (χ0) is 18.8. The van der Waals surface area contributed by atoms with Gasteiger partial charge in [-0.2, -0.15) is 0 Å². The van der Waals surface area contributed by atoms with Crippen LogP contribution >= 0.6 is 0 Å². The molecule has 162 valence electrons. The third-order valence-corrected chi connectivity index (χ3v) is 4.69. The van der Waals surface area contributed by atoms with Crippen molar-refractivity contribution in [3.8, 4) is 0 Å². The van der Waals surface area contributed by atoms with Crippen molar-refractivity contribution in [3.63, 3.8) is 0 Å². The SMILES string of the molecule is [Cl-].[Cl-].[Cl-].[Rh+3].c1cnc2c(c1)ccc1cccnc12.c1cnc2c(c1)ccc1cccnc12. The molecule has 0 saturated carbocycles. The van der Waals surface area contributed by atoms with Gasteiger partial charge in [0.1, 0.15) is 0 Å². The van der Waals surface area contributed by atoms with E-state index in [9.17, 15) is 0 Å². The minimum absolute atomic E-state index is 0. The van der Waals surface area contributed by atoms with E-state index in [1.54, 1.807) is 24.8 Å². The van der Waals surface area contributed by atoms with Gasteiger partial charge in [-0.3, -0.25) is 19.9 Å². The molecule has 4 aromatic heterocycles. The van der Waals surface area contributed by atoms with E-state index in [-0.39, 0.29) is 56.7 Å². The molecule has 2 aromatic carbocycles. The Kier molecular flexibility index (Phi) is 10.8. The van der Waals surface area contributed by atoms with Gasteiger partial charge in [0.2, 0.25) is 0 Å². The molecule has 32 heavy (non-hydrogen) atoms. The van der Waals surface area contributed by atoms with Crippen LogP contribution in [0.25, 0.3) is 43.6 Å². The maximum atomic E-state index is 4.35. The largest absolute Gasteiger partial charge is 3.00 e. The van der Waals surface area contributed by atoms with Crippen molar-refractivity contribution < 1.29 is 56.7 Å². The van der Waals surface area contributed by atoms with Crippen molar-refractivity contribution in [3.05, 3.63) is 97.6 Å². The molecule has 0 fully saturated rings. The Morgan fingerprint density at radius 1 is 0.344 bits per heavy atom. The molecule has 6 rings (SSSR count). The predicted octanol–water partition coefficient (Wildman–Crippen LogP) is -3.42. The molecule has 0 N–H and O–H groups in total. The quantitative estimate of drug-likeness (QED) is 0.141. The maximum absolute atomic E-state index is 4.35. The van der Waals surface area contributed by atoms with Gasteiger partial charge in [0.25, 0.3) is 0 Å². The van der Waals surface area contributed by atoms with Gasteiger partial charge in [-0.25, -0.2) is 0 Å². The molecule has 4 nitrogen and oxygen atoms in total. The first-order valence-electron chi connectivity index (χ1n) is 9.07. The fourth-order valence-electron chi connectivity index (χ4n) is 3.36. The summed E-state index contributed by atoms with van der Waals surface area (Å²) in [6.45, 7) is 0. The van der Waals surface area contributed by atoms with Gasteiger partial charge in [-0.1, -0.05) is 48.5 Å². The minimum atomic E-state index is 0. The Bertz CT molecular complexity index is 1230. The van der Waals surface area contributed by atoms with Gasteiger partial charge in [-0.05, 0) is 24.3 Å². The average Bonchev–Trinajstić information content (AvgIpc) is 2.79. The van der Waals surface area contributed by atoms with Crippen molar-refractivity contribution in [1.82, 2.24) is 19.9 Å². The van der Waals surface area contributed by atoms with Gasteiger partial charge < -0.3 is 37.2 Å². The van der Waals surface area contributed by atoms with Gasteiger partial charge in [0.05, 0.1) is 22.1 Å². The molecule has 0 bridgehead atoms. The summed E-state index contributed by atoms with van der Waals surface area (Å²) in [5.41, 5.74) is 3.91. The summed E-state index contributed by atoms with van der Waals surface area (Å²) < 4.78 is 0. The monoisotopic (exact) mass is 568 g/mol. The third kappa shape index (κ3) is 5.49. The first kappa shape index (κ1) is 27.6. The Labute approximate surface area is 216 Å². The maximum Gasteiger partial charge on any atom is 3.00 e. The van der Waals surface area contributed by atoms with E-state index >= 15 is 0 Å². The predicted molar refractivity (Wildman–Crippen MR) is 114 cm³/mol. The topological polar surface area (TPSA) is 51.6 Å². The van der Waals surface area contributed by atoms with E-state index in [1.807, 2.05) is 24.3 Å². The zero-order valence-electron chi connectivity index (χ0n) is 16.5. The summed E-state index contributed by atoms with van der Waals surface area (Å²) in [7, 11) is 0. The molecule has 0 saturated heterocycles. The molecule has 6 aromatic rings. The third-order valence-electron chi connectivity index (χ3n) is 4.69. The molecule has 8 heteroatoms. The second-order valence-electron chi connectivity index (χ2n) is 6.43. The van der Waals surface area contributed by atoms with Crippen LogP contribution in [-0.2, 0) is 19.5 Å². The van der Waals surface area contributed by atoms with Crippen molar-refractivity contribution in [2.24, 2.45) is 0 Å². The van der Waals surface area contributed by atoms with Crippen LogP contribution in [0.3, 0.4) is 0 Å². The van der Waals surface area contributed by atoms with Crippen LogP contribution < -0.4 is 37.2 Å². The molecule has 0 aliphatic carbocycles. The molecule has 0 unspecified atom stereocenters. The summed E-state index contributed by atoms with van der Waals surface area (Å²) in [6.07, 6.45) is 7.21. The second-order valence-corrected chi connectivity index (χ2v) is 6.43. The van der Waals surface area contributed by atoms with Gasteiger partial charge in [0.15, 0.2) is 0 Å². The van der Waals surface area contributed by atoms with E-state index in [0.717, 1.165) is 43.6 Å². The average molecular weight is 570 g/mol. The van der Waals surface area contributed by atoms with Crippen molar-refractivity contribution in [1.29, 1.82) is 0 Å². The molecule has 0 amide bonds. The number of nitrogens with zero attached hydrogens (tertiary/aromatic N) is 4. The fraction of sp³-hybridized carbons (Fsp3) is 0. The summed E-state index contributed by atoms with van der Waals surface area (Å²) in [6, 6.07) is 24.3. The summed E-state index contributed by atoms with van der Waals surface area (Å²) in [4.78, 5) is 17.4. The first-order valence-corrected chi connectivity index (χ1v) is 9.07. The fourth-order valence-corrected chi connectivity index (χ4v) is 3.36. The number of benzene rings is 2. The second kappa shape index (κ2) is 12.6. The van der Waals surface area contributed by atoms with Gasteiger partial charge >= 0.3 is 19.5 Å². The standard InChI is InChI=1S/2C12H8N2.3ClH.Rh/c2*1-3-9-5-6-10-4-2-8-14-12(10)11(9)13-7-1;;;;/h2*1-8H;3*1H;/q;;;;;+3/p-3. The summed E-state index contributed by atoms with van der Waals surface area (Å²) in [5.74, 6) is 0. The van der Waals surface area contributed by atoms with E-state index in [1.165, 1.54) is 0 Å². The van der Waals surface area contributed by atoms with Gasteiger partial charge in [0, 0.05) is 46.3 Å². The first-order chi connectivity index (χ1) is 13.9. The number of pyridine rings is 4. The van der Waals surface area contributed by atoms with E-state index in [4.69, 9.17) is 0 Å². The number of fused-ring (bicyclic) bond motifs is 6. The van der Waals surface area contributed by atoms with Crippen LogP contribution in [0.5, 0.6) is 0 Å². The summed E-state index contributed by atoms with van der Waals surface area (Å²) >= 11 is 0. The van der Waals surface area contributed by atoms with Crippen LogP contribution in [0.1, 0.15) is 0 Å². The van der Waals surface area contributed by atoms with Crippen molar-refractivity contribution in [2.45, 2.75) is 0 Å². The van der Waals surface area contributed by atoms with Crippen molar-refractivity contribution in [2.75, 3.05) is 0 Å². The Morgan fingerprint density at radius 3 is 0.781 bits per heavy atom. The van der Waals surface area contributed by atoms with Gasteiger partial charge in [-0.15, -0.1) is 0 Å². The van der Waals surface area contributed by atoms with Crippen LogP contribution in [0.2, 0.25) is 0 Å². The van der Waals surface area contributed by atoms with Crippen LogP contribution in [0.15, 0.2) is 97.6 Å². The summed E-state index contributed by atoms with van der Waals surface area (Å²) in [5, 5.41) is 4.55. The van der Waals surface area contributed by atoms with E-state index < -0.39 is 0 Å². The number of aromatic nitrogens is 4. The number of hydrogen-bond acceptors (Lipinski definition) is 4. The minimum Gasteiger partial charge on any atom is -1.00 e.